The molecule has 1 aromatic carbocycles. The number of fused-ring (bicyclic) bond motifs is 2. The minimum Gasteiger partial charge on any atom is -0.377 e. The normalized spacial score (nSPS) is 32.1. The molecule has 0 amide bonds. The topological polar surface area (TPSA) is 77.1 Å². The summed E-state index contributed by atoms with van der Waals surface area (Å²) in [7, 11) is 0. The monoisotopic (exact) mass is 467 g/mol. The molecule has 0 aromatic heterocycles. The molecule has 0 saturated carbocycles. The molecule has 1 aromatic rings. The van der Waals surface area contributed by atoms with Crippen molar-refractivity contribution < 1.29 is 37.9 Å². The summed E-state index contributed by atoms with van der Waals surface area (Å²) in [6.45, 7) is 8.15. The van der Waals surface area contributed by atoms with E-state index in [0.29, 0.717) is 85.8 Å². The molecule has 4 rings (SSSR count). The minimum absolute atomic E-state index is 0.131. The van der Waals surface area contributed by atoms with E-state index in [0.717, 1.165) is 13.1 Å². The van der Waals surface area contributed by atoms with E-state index in [2.05, 4.69) is 29.2 Å². The summed E-state index contributed by atoms with van der Waals surface area (Å²) in [6.07, 6.45) is -0.326. The third-order valence-corrected chi connectivity index (χ3v) is 5.66. The van der Waals surface area contributed by atoms with Crippen molar-refractivity contribution in [2.75, 3.05) is 92.4 Å². The van der Waals surface area contributed by atoms with Crippen molar-refractivity contribution in [3.63, 3.8) is 0 Å². The fourth-order valence-corrected chi connectivity index (χ4v) is 4.27. The van der Waals surface area contributed by atoms with Crippen molar-refractivity contribution in [1.82, 2.24) is 4.90 Å². The van der Waals surface area contributed by atoms with Crippen molar-refractivity contribution in [1.29, 1.82) is 0 Å². The molecule has 3 aliphatic heterocycles. The molecule has 186 valence electrons. The second-order valence-electron chi connectivity index (χ2n) is 8.55. The van der Waals surface area contributed by atoms with E-state index < -0.39 is 5.79 Å². The van der Waals surface area contributed by atoms with Crippen LogP contribution in [0, 0.1) is 0 Å². The van der Waals surface area contributed by atoms with Gasteiger partial charge in [0.2, 0.25) is 5.79 Å². The Hall–Kier alpha value is -1.14. The highest BCUT2D eigenvalue weighted by Gasteiger charge is 2.46. The Labute approximate surface area is 196 Å². The number of hydrogen-bond donors (Lipinski definition) is 0. The van der Waals surface area contributed by atoms with E-state index in [9.17, 15) is 0 Å². The van der Waals surface area contributed by atoms with Gasteiger partial charge in [0.15, 0.2) is 0 Å². The largest absolute Gasteiger partial charge is 0.377 e. The molecule has 3 atom stereocenters. The maximum Gasteiger partial charge on any atom is 0.205 e. The van der Waals surface area contributed by atoms with Gasteiger partial charge >= 0.3 is 0 Å². The van der Waals surface area contributed by atoms with Gasteiger partial charge in [-0.2, -0.15) is 0 Å². The zero-order chi connectivity index (χ0) is 22.6. The summed E-state index contributed by atoms with van der Waals surface area (Å²) in [4.78, 5) is 2.35. The number of hydrogen-bond acceptors (Lipinski definition) is 9. The minimum atomic E-state index is -0.835. The highest BCUT2D eigenvalue weighted by Crippen LogP contribution is 2.30. The third-order valence-electron chi connectivity index (χ3n) is 5.66. The molecule has 0 N–H and O–H groups in total. The zero-order valence-electron chi connectivity index (χ0n) is 19.4. The standard InChI is InChI=1S/C24H37NO8/c1-2-4-21(5-3-1)14-25-15-22-16-29-12-10-27-8-6-26-7-9-28-11-13-30-17-23-18-31-20-24(19-25,32-22)33-23/h1-5,22-23H,6-20H2. The maximum absolute atomic E-state index is 6.44. The van der Waals surface area contributed by atoms with Gasteiger partial charge in [0.1, 0.15) is 12.7 Å². The molecular formula is C24H37NO8. The first-order valence-electron chi connectivity index (χ1n) is 11.9. The van der Waals surface area contributed by atoms with Crippen molar-refractivity contribution in [2.45, 2.75) is 24.5 Å². The lowest BCUT2D eigenvalue weighted by molar-refractivity contribution is -0.359. The summed E-state index contributed by atoms with van der Waals surface area (Å²) in [6, 6.07) is 10.4. The fourth-order valence-electron chi connectivity index (χ4n) is 4.27. The first-order valence-corrected chi connectivity index (χ1v) is 11.9. The van der Waals surface area contributed by atoms with Crippen LogP contribution in [0.15, 0.2) is 30.3 Å². The molecule has 3 bridgehead atoms. The Morgan fingerprint density at radius 1 is 0.667 bits per heavy atom. The average Bonchev–Trinajstić information content (AvgIpc) is 2.81. The van der Waals surface area contributed by atoms with E-state index in [1.807, 2.05) is 6.07 Å². The maximum atomic E-state index is 6.44. The van der Waals surface area contributed by atoms with E-state index in [1.165, 1.54) is 5.56 Å². The molecule has 1 spiro atoms. The van der Waals surface area contributed by atoms with Crippen LogP contribution >= 0.6 is 0 Å². The summed E-state index contributed by atoms with van der Waals surface area (Å²) in [5.74, 6) is -0.835. The molecule has 3 unspecified atom stereocenters. The van der Waals surface area contributed by atoms with Crippen LogP contribution in [0.5, 0.6) is 0 Å². The van der Waals surface area contributed by atoms with E-state index in [-0.39, 0.29) is 12.2 Å². The quantitative estimate of drug-likeness (QED) is 0.635. The third kappa shape index (κ3) is 8.54. The lowest BCUT2D eigenvalue weighted by Crippen LogP contribution is -2.63. The van der Waals surface area contributed by atoms with Crippen molar-refractivity contribution >= 4 is 0 Å². The van der Waals surface area contributed by atoms with Gasteiger partial charge in [-0.25, -0.2) is 0 Å². The van der Waals surface area contributed by atoms with Gasteiger partial charge in [-0.05, 0) is 5.56 Å². The predicted octanol–water partition coefficient (Wildman–Crippen LogP) is 1.10. The Morgan fingerprint density at radius 3 is 1.88 bits per heavy atom. The molecule has 9 nitrogen and oxygen atoms in total. The van der Waals surface area contributed by atoms with Crippen LogP contribution in [-0.4, -0.2) is 115 Å². The molecule has 33 heavy (non-hydrogen) atoms. The van der Waals surface area contributed by atoms with E-state index in [1.54, 1.807) is 0 Å². The summed E-state index contributed by atoms with van der Waals surface area (Å²) < 4.78 is 47.1. The van der Waals surface area contributed by atoms with E-state index in [4.69, 9.17) is 37.9 Å². The van der Waals surface area contributed by atoms with Crippen LogP contribution < -0.4 is 0 Å². The zero-order valence-corrected chi connectivity index (χ0v) is 19.4. The number of morpholine rings is 1. The van der Waals surface area contributed by atoms with Crippen LogP contribution in [0.4, 0.5) is 0 Å². The highest BCUT2D eigenvalue weighted by atomic mass is 16.8. The molecular weight excluding hydrogens is 430 g/mol. The Kier molecular flexibility index (Phi) is 10.3. The summed E-state index contributed by atoms with van der Waals surface area (Å²) >= 11 is 0. The Bertz CT molecular complexity index is 661. The molecule has 9 heteroatoms. The Balaban J connectivity index is 1.38. The van der Waals surface area contributed by atoms with Gasteiger partial charge in [0.05, 0.1) is 85.3 Å². The predicted molar refractivity (Wildman–Crippen MR) is 119 cm³/mol. The molecule has 3 fully saturated rings. The van der Waals surface area contributed by atoms with Crippen molar-refractivity contribution in [2.24, 2.45) is 0 Å². The van der Waals surface area contributed by atoms with Crippen LogP contribution in [-0.2, 0) is 44.4 Å². The molecule has 3 aliphatic rings. The first-order chi connectivity index (χ1) is 16.3. The van der Waals surface area contributed by atoms with Gasteiger partial charge in [-0.15, -0.1) is 0 Å². The highest BCUT2D eigenvalue weighted by molar-refractivity contribution is 5.14. The van der Waals surface area contributed by atoms with Crippen LogP contribution in [0.3, 0.4) is 0 Å². The Morgan fingerprint density at radius 2 is 1.21 bits per heavy atom. The summed E-state index contributed by atoms with van der Waals surface area (Å²) in [5, 5.41) is 0. The summed E-state index contributed by atoms with van der Waals surface area (Å²) in [5.41, 5.74) is 1.25. The lowest BCUT2D eigenvalue weighted by Gasteiger charge is -2.49. The molecule has 3 saturated heterocycles. The molecule has 0 radical (unpaired) electrons. The second kappa shape index (κ2) is 13.7. The molecule has 3 heterocycles. The molecule has 0 aliphatic carbocycles. The average molecular weight is 468 g/mol. The van der Waals surface area contributed by atoms with Crippen molar-refractivity contribution in [3.8, 4) is 0 Å². The van der Waals surface area contributed by atoms with Crippen molar-refractivity contribution in [3.05, 3.63) is 35.9 Å². The van der Waals surface area contributed by atoms with Gasteiger partial charge in [-0.3, -0.25) is 4.90 Å². The van der Waals surface area contributed by atoms with E-state index >= 15 is 0 Å². The van der Waals surface area contributed by atoms with Crippen LogP contribution in [0.2, 0.25) is 0 Å². The smallest absolute Gasteiger partial charge is 0.205 e. The van der Waals surface area contributed by atoms with Gasteiger partial charge in [0, 0.05) is 13.1 Å². The van der Waals surface area contributed by atoms with Gasteiger partial charge in [-0.1, -0.05) is 30.3 Å². The van der Waals surface area contributed by atoms with Gasteiger partial charge in [0.25, 0.3) is 0 Å². The van der Waals surface area contributed by atoms with Gasteiger partial charge < -0.3 is 37.9 Å². The first kappa shape index (κ1) is 25.0. The van der Waals surface area contributed by atoms with Crippen LogP contribution in [0.1, 0.15) is 5.56 Å². The SMILES string of the molecule is c1ccc(CN2CC3COCCOCCOCCOCCOCC4COCC(C2)(O4)O3)cc1. The number of rotatable bonds is 2. The van der Waals surface area contributed by atoms with Crippen LogP contribution in [0.25, 0.3) is 0 Å². The fraction of sp³-hybridized carbons (Fsp3) is 0.750. The number of nitrogens with zero attached hydrogens (tertiary/aromatic N) is 1. The number of ether oxygens (including phenoxy) is 8. The number of benzene rings is 1. The lowest BCUT2D eigenvalue weighted by atomic mass is 10.1. The second-order valence-corrected chi connectivity index (χ2v) is 8.55.